The summed E-state index contributed by atoms with van der Waals surface area (Å²) in [5, 5.41) is 9.60. The van der Waals surface area contributed by atoms with Gasteiger partial charge in [-0.2, -0.15) is 13.2 Å². The Morgan fingerprint density at radius 3 is 2.10 bits per heavy atom. The van der Waals surface area contributed by atoms with E-state index >= 15 is 0 Å². The van der Waals surface area contributed by atoms with Gasteiger partial charge < -0.3 is 5.11 Å². The summed E-state index contributed by atoms with van der Waals surface area (Å²) in [6.45, 7) is 0. The van der Waals surface area contributed by atoms with Crippen LogP contribution in [0.5, 0.6) is 5.75 Å². The normalized spacial score (nSPS) is 12.0. The van der Waals surface area contributed by atoms with Crippen molar-refractivity contribution in [3.8, 4) is 5.75 Å². The van der Waals surface area contributed by atoms with Crippen molar-refractivity contribution >= 4 is 44.0 Å². The van der Waals surface area contributed by atoms with Gasteiger partial charge in [0.2, 0.25) is 0 Å². The Morgan fingerprint density at radius 2 is 1.52 bits per heavy atom. The van der Waals surface area contributed by atoms with Gasteiger partial charge in [-0.05, 0) is 61.2 Å². The number of alkyl halides is 3. The minimum atomic E-state index is -4.39. The SMILES string of the molecule is Oc1c(Br)cc(/C=C/c2ccccc2C(F)(F)F)cc1Br. The molecule has 0 aliphatic heterocycles. The number of benzene rings is 2. The van der Waals surface area contributed by atoms with Crippen molar-refractivity contribution in [2.24, 2.45) is 0 Å². The number of aromatic hydroxyl groups is 1. The molecule has 0 unspecified atom stereocenters. The molecule has 0 spiro atoms. The molecule has 0 aromatic heterocycles. The Balaban J connectivity index is 2.39. The maximum absolute atomic E-state index is 12.9. The predicted molar refractivity (Wildman–Crippen MR) is 83.9 cm³/mol. The van der Waals surface area contributed by atoms with Gasteiger partial charge in [0.05, 0.1) is 14.5 Å². The quantitative estimate of drug-likeness (QED) is 0.580. The summed E-state index contributed by atoms with van der Waals surface area (Å²) in [5.41, 5.74) is 0.0620. The standard InChI is InChI=1S/C15H9Br2F3O/c16-12-7-9(8-13(17)14(12)21)5-6-10-3-1-2-4-11(10)15(18,19)20/h1-8,21H/b6-5+. The lowest BCUT2D eigenvalue weighted by molar-refractivity contribution is -0.137. The van der Waals surface area contributed by atoms with Crippen molar-refractivity contribution in [3.63, 3.8) is 0 Å². The largest absolute Gasteiger partial charge is 0.506 e. The third-order valence-corrected chi connectivity index (χ3v) is 3.97. The first-order chi connectivity index (χ1) is 9.79. The molecule has 2 aromatic rings. The number of rotatable bonds is 2. The monoisotopic (exact) mass is 420 g/mol. The lowest BCUT2D eigenvalue weighted by atomic mass is 10.1. The van der Waals surface area contributed by atoms with E-state index in [1.165, 1.54) is 18.2 Å². The van der Waals surface area contributed by atoms with Crippen molar-refractivity contribution < 1.29 is 18.3 Å². The molecule has 0 saturated heterocycles. The molecule has 0 atom stereocenters. The van der Waals surface area contributed by atoms with Crippen LogP contribution in [-0.4, -0.2) is 5.11 Å². The average molecular weight is 422 g/mol. The van der Waals surface area contributed by atoms with Gasteiger partial charge in [-0.1, -0.05) is 30.4 Å². The summed E-state index contributed by atoms with van der Waals surface area (Å²) < 4.78 is 39.5. The second kappa shape index (κ2) is 6.23. The van der Waals surface area contributed by atoms with Gasteiger partial charge in [0, 0.05) is 0 Å². The Bertz CT molecular complexity index is 671. The molecular weight excluding hydrogens is 413 g/mol. The highest BCUT2D eigenvalue weighted by Crippen LogP contribution is 2.35. The molecular formula is C15H9Br2F3O. The summed E-state index contributed by atoms with van der Waals surface area (Å²) in [6.07, 6.45) is -1.44. The van der Waals surface area contributed by atoms with E-state index < -0.39 is 11.7 Å². The third kappa shape index (κ3) is 3.89. The van der Waals surface area contributed by atoms with Gasteiger partial charge in [0.25, 0.3) is 0 Å². The fourth-order valence-electron chi connectivity index (χ4n) is 1.77. The van der Waals surface area contributed by atoms with Crippen LogP contribution in [0.3, 0.4) is 0 Å². The van der Waals surface area contributed by atoms with Gasteiger partial charge in [0.1, 0.15) is 5.75 Å². The molecule has 0 aliphatic rings. The zero-order valence-corrected chi connectivity index (χ0v) is 13.6. The number of hydrogen-bond donors (Lipinski definition) is 1. The molecule has 1 nitrogen and oxygen atoms in total. The highest BCUT2D eigenvalue weighted by Gasteiger charge is 2.32. The highest BCUT2D eigenvalue weighted by atomic mass is 79.9. The molecule has 0 bridgehead atoms. The fraction of sp³-hybridized carbons (Fsp3) is 0.0667. The Kier molecular flexibility index (Phi) is 4.78. The van der Waals surface area contributed by atoms with Gasteiger partial charge in [0.15, 0.2) is 0 Å². The van der Waals surface area contributed by atoms with Crippen LogP contribution in [0.2, 0.25) is 0 Å². The predicted octanol–water partition coefficient (Wildman–Crippen LogP) is 6.11. The van der Waals surface area contributed by atoms with Crippen molar-refractivity contribution in [1.29, 1.82) is 0 Å². The van der Waals surface area contributed by atoms with Crippen LogP contribution in [0.25, 0.3) is 12.2 Å². The Morgan fingerprint density at radius 1 is 0.952 bits per heavy atom. The van der Waals surface area contributed by atoms with Crippen LogP contribution >= 0.6 is 31.9 Å². The summed E-state index contributed by atoms with van der Waals surface area (Å²) >= 11 is 6.35. The topological polar surface area (TPSA) is 20.2 Å². The van der Waals surface area contributed by atoms with E-state index in [0.29, 0.717) is 14.5 Å². The number of hydrogen-bond acceptors (Lipinski definition) is 1. The van der Waals surface area contributed by atoms with Crippen molar-refractivity contribution in [3.05, 3.63) is 62.0 Å². The lowest BCUT2D eigenvalue weighted by Gasteiger charge is -2.09. The molecule has 0 saturated carbocycles. The fourth-order valence-corrected chi connectivity index (χ4v) is 2.99. The van der Waals surface area contributed by atoms with E-state index in [4.69, 9.17) is 0 Å². The molecule has 110 valence electrons. The second-order valence-electron chi connectivity index (χ2n) is 4.25. The second-order valence-corrected chi connectivity index (χ2v) is 5.96. The van der Waals surface area contributed by atoms with Crippen LogP contribution in [0, 0.1) is 0 Å². The van der Waals surface area contributed by atoms with Crippen LogP contribution in [-0.2, 0) is 6.18 Å². The first-order valence-corrected chi connectivity index (χ1v) is 7.40. The Labute approximate surface area is 136 Å². The van der Waals surface area contributed by atoms with E-state index in [0.717, 1.165) is 6.07 Å². The van der Waals surface area contributed by atoms with E-state index in [9.17, 15) is 18.3 Å². The molecule has 6 heteroatoms. The van der Waals surface area contributed by atoms with Gasteiger partial charge in [-0.15, -0.1) is 0 Å². The van der Waals surface area contributed by atoms with Gasteiger partial charge in [-0.25, -0.2) is 0 Å². The molecule has 0 fully saturated rings. The average Bonchev–Trinajstić information content (AvgIpc) is 2.41. The zero-order valence-electron chi connectivity index (χ0n) is 10.5. The summed E-state index contributed by atoms with van der Waals surface area (Å²) in [7, 11) is 0. The first-order valence-electron chi connectivity index (χ1n) is 5.81. The van der Waals surface area contributed by atoms with E-state index in [1.807, 2.05) is 0 Å². The van der Waals surface area contributed by atoms with Gasteiger partial charge in [-0.3, -0.25) is 0 Å². The van der Waals surface area contributed by atoms with Gasteiger partial charge >= 0.3 is 6.18 Å². The molecule has 0 amide bonds. The molecule has 21 heavy (non-hydrogen) atoms. The Hall–Kier alpha value is -1.27. The molecule has 1 N–H and O–H groups in total. The van der Waals surface area contributed by atoms with Crippen molar-refractivity contribution in [1.82, 2.24) is 0 Å². The maximum atomic E-state index is 12.9. The summed E-state index contributed by atoms with van der Waals surface area (Å²) in [5.74, 6) is 0.0443. The lowest BCUT2D eigenvalue weighted by Crippen LogP contribution is -2.06. The van der Waals surface area contributed by atoms with Crippen LogP contribution in [0.4, 0.5) is 13.2 Å². The van der Waals surface area contributed by atoms with E-state index in [2.05, 4.69) is 31.9 Å². The summed E-state index contributed by atoms with van der Waals surface area (Å²) in [6, 6.07) is 8.59. The summed E-state index contributed by atoms with van der Waals surface area (Å²) in [4.78, 5) is 0. The van der Waals surface area contributed by atoms with Crippen molar-refractivity contribution in [2.75, 3.05) is 0 Å². The molecule has 2 rings (SSSR count). The number of halogens is 5. The molecule has 0 aliphatic carbocycles. The zero-order chi connectivity index (χ0) is 15.6. The highest BCUT2D eigenvalue weighted by molar-refractivity contribution is 9.11. The third-order valence-electron chi connectivity index (χ3n) is 2.76. The van der Waals surface area contributed by atoms with Crippen LogP contribution in [0.15, 0.2) is 45.3 Å². The minimum Gasteiger partial charge on any atom is -0.506 e. The maximum Gasteiger partial charge on any atom is 0.416 e. The molecule has 0 heterocycles. The van der Waals surface area contributed by atoms with E-state index in [-0.39, 0.29) is 11.3 Å². The van der Waals surface area contributed by atoms with Crippen molar-refractivity contribution in [2.45, 2.75) is 6.18 Å². The molecule has 0 radical (unpaired) electrons. The van der Waals surface area contributed by atoms with Crippen LogP contribution in [0.1, 0.15) is 16.7 Å². The van der Waals surface area contributed by atoms with E-state index in [1.54, 1.807) is 24.3 Å². The first kappa shape index (κ1) is 16.1. The minimum absolute atomic E-state index is 0.0443. The number of phenols is 1. The smallest absolute Gasteiger partial charge is 0.416 e. The molecule has 2 aromatic carbocycles. The van der Waals surface area contributed by atoms with Crippen LogP contribution < -0.4 is 0 Å². The number of phenolic OH excluding ortho intramolecular Hbond substituents is 1.